The van der Waals surface area contributed by atoms with Crippen LogP contribution < -0.4 is 20.1 Å². The van der Waals surface area contributed by atoms with Gasteiger partial charge in [0.25, 0.3) is 5.91 Å². The fourth-order valence-electron chi connectivity index (χ4n) is 3.74. The maximum absolute atomic E-state index is 12.4. The number of rotatable bonds is 5. The number of methoxy groups -OCH3 is 1. The molecule has 2 aliphatic heterocycles. The second-order valence-electron chi connectivity index (χ2n) is 6.64. The Balaban J connectivity index is 1.40. The average Bonchev–Trinajstić information content (AvgIpc) is 3.26. The van der Waals surface area contributed by atoms with Gasteiger partial charge in [0.05, 0.1) is 7.11 Å². The molecule has 2 heterocycles. The summed E-state index contributed by atoms with van der Waals surface area (Å²) in [6.07, 6.45) is 3.42. The summed E-state index contributed by atoms with van der Waals surface area (Å²) in [6.45, 7) is 0. The molecule has 1 amide bonds. The molecule has 5 nitrogen and oxygen atoms in total. The molecule has 0 spiro atoms. The zero-order valence-corrected chi connectivity index (χ0v) is 14.2. The summed E-state index contributed by atoms with van der Waals surface area (Å²) < 4.78 is 11.1. The molecule has 0 radical (unpaired) electrons. The lowest BCUT2D eigenvalue weighted by molar-refractivity contribution is 0.0931. The van der Waals surface area contributed by atoms with Gasteiger partial charge in [0.2, 0.25) is 0 Å². The number of hydrogen-bond donors (Lipinski definition) is 2. The van der Waals surface area contributed by atoms with E-state index in [0.29, 0.717) is 34.9 Å². The van der Waals surface area contributed by atoms with Crippen LogP contribution in [0.2, 0.25) is 0 Å². The van der Waals surface area contributed by atoms with E-state index in [-0.39, 0.29) is 11.9 Å². The van der Waals surface area contributed by atoms with Crippen LogP contribution in [-0.4, -0.2) is 31.1 Å². The molecule has 130 valence electrons. The highest BCUT2D eigenvalue weighted by Crippen LogP contribution is 2.31. The molecule has 0 saturated carbocycles. The predicted octanol–water partition coefficient (Wildman–Crippen LogP) is 3.11. The van der Waals surface area contributed by atoms with E-state index in [4.69, 9.17) is 9.47 Å². The van der Waals surface area contributed by atoms with Crippen molar-refractivity contribution in [3.63, 3.8) is 0 Å². The Hall–Kier alpha value is -2.53. The van der Waals surface area contributed by atoms with Crippen molar-refractivity contribution in [3.05, 3.63) is 54.1 Å². The molecule has 2 aliphatic rings. The van der Waals surface area contributed by atoms with Crippen LogP contribution in [0.1, 0.15) is 29.6 Å². The predicted molar refractivity (Wildman–Crippen MR) is 95.3 cm³/mol. The number of amides is 1. The summed E-state index contributed by atoms with van der Waals surface area (Å²) in [5.41, 5.74) is 0.648. The van der Waals surface area contributed by atoms with Gasteiger partial charge in [-0.3, -0.25) is 4.79 Å². The fourth-order valence-corrected chi connectivity index (χ4v) is 3.74. The van der Waals surface area contributed by atoms with Crippen molar-refractivity contribution in [1.29, 1.82) is 0 Å². The molecule has 2 fully saturated rings. The Morgan fingerprint density at radius 3 is 2.48 bits per heavy atom. The molecule has 5 heteroatoms. The average molecular weight is 338 g/mol. The lowest BCUT2D eigenvalue weighted by Crippen LogP contribution is -2.42. The van der Waals surface area contributed by atoms with Crippen LogP contribution in [0, 0.1) is 0 Å². The first kappa shape index (κ1) is 16.0. The Morgan fingerprint density at radius 1 is 1.08 bits per heavy atom. The maximum Gasteiger partial charge on any atom is 0.251 e. The van der Waals surface area contributed by atoms with Gasteiger partial charge in [-0.2, -0.15) is 0 Å². The number of ether oxygens (including phenoxy) is 2. The van der Waals surface area contributed by atoms with E-state index in [9.17, 15) is 4.79 Å². The molecule has 2 bridgehead atoms. The molecular weight excluding hydrogens is 316 g/mol. The molecule has 0 unspecified atom stereocenters. The smallest absolute Gasteiger partial charge is 0.251 e. The van der Waals surface area contributed by atoms with Crippen molar-refractivity contribution in [2.45, 2.75) is 37.4 Å². The number of para-hydroxylation sites is 2. The standard InChI is InChI=1S/C20H22N2O3/c1-24-18-4-2-3-5-19(18)25-15-9-6-13(7-10-15)20(23)22-17-12-14-8-11-16(17)21-14/h2-7,9-10,14,16-17,21H,8,11-12H2,1H3,(H,22,23)/t14-,16+,17-/m1/s1. The van der Waals surface area contributed by atoms with Crippen molar-refractivity contribution >= 4 is 5.91 Å². The highest BCUT2D eigenvalue weighted by molar-refractivity contribution is 5.94. The minimum Gasteiger partial charge on any atom is -0.493 e. The Labute approximate surface area is 147 Å². The van der Waals surface area contributed by atoms with Crippen molar-refractivity contribution in [3.8, 4) is 17.2 Å². The molecule has 2 N–H and O–H groups in total. The molecule has 2 aromatic carbocycles. The Bertz CT molecular complexity index is 760. The Kier molecular flexibility index (Phi) is 4.32. The van der Waals surface area contributed by atoms with Gasteiger partial charge in [-0.1, -0.05) is 12.1 Å². The van der Waals surface area contributed by atoms with Crippen molar-refractivity contribution in [1.82, 2.24) is 10.6 Å². The van der Waals surface area contributed by atoms with Crippen molar-refractivity contribution < 1.29 is 14.3 Å². The number of carbonyl (C=O) groups excluding carboxylic acids is 1. The molecule has 2 aromatic rings. The van der Waals surface area contributed by atoms with Gasteiger partial charge >= 0.3 is 0 Å². The van der Waals surface area contributed by atoms with E-state index in [2.05, 4.69) is 10.6 Å². The first-order valence-electron chi connectivity index (χ1n) is 8.71. The number of hydrogen-bond acceptors (Lipinski definition) is 4. The minimum absolute atomic E-state index is 0.0248. The van der Waals surface area contributed by atoms with Gasteiger partial charge in [0.1, 0.15) is 5.75 Å². The lowest BCUT2D eigenvalue weighted by Gasteiger charge is -2.21. The second kappa shape index (κ2) is 6.76. The number of carbonyl (C=O) groups is 1. The number of fused-ring (bicyclic) bond motifs is 2. The summed E-state index contributed by atoms with van der Waals surface area (Å²) in [6, 6.07) is 15.9. The van der Waals surface area contributed by atoms with Crippen LogP contribution in [0.4, 0.5) is 0 Å². The molecule has 25 heavy (non-hydrogen) atoms. The number of nitrogens with one attached hydrogen (secondary N) is 2. The maximum atomic E-state index is 12.4. The summed E-state index contributed by atoms with van der Waals surface area (Å²) in [7, 11) is 1.61. The largest absolute Gasteiger partial charge is 0.493 e. The van der Waals surface area contributed by atoms with E-state index in [0.717, 1.165) is 12.8 Å². The third-order valence-corrected chi connectivity index (χ3v) is 5.03. The molecule has 0 aromatic heterocycles. The monoisotopic (exact) mass is 338 g/mol. The van der Waals surface area contributed by atoms with Gasteiger partial charge in [-0.05, 0) is 55.7 Å². The summed E-state index contributed by atoms with van der Waals surface area (Å²) >= 11 is 0. The first-order valence-corrected chi connectivity index (χ1v) is 8.71. The zero-order chi connectivity index (χ0) is 17.2. The SMILES string of the molecule is COc1ccccc1Oc1ccc(C(=O)N[C@@H]2C[C@H]3CC[C@@H]2N3)cc1. The first-order chi connectivity index (χ1) is 12.2. The lowest BCUT2D eigenvalue weighted by atomic mass is 9.95. The van der Waals surface area contributed by atoms with E-state index in [1.54, 1.807) is 31.4 Å². The van der Waals surface area contributed by atoms with Crippen LogP contribution in [0.25, 0.3) is 0 Å². The van der Waals surface area contributed by atoms with Gasteiger partial charge in [-0.15, -0.1) is 0 Å². The van der Waals surface area contributed by atoms with Crippen molar-refractivity contribution in [2.24, 2.45) is 0 Å². The molecule has 3 atom stereocenters. The summed E-state index contributed by atoms with van der Waals surface area (Å²) in [5.74, 6) is 1.97. The van der Waals surface area contributed by atoms with Gasteiger partial charge in [-0.25, -0.2) is 0 Å². The minimum atomic E-state index is -0.0248. The van der Waals surface area contributed by atoms with Gasteiger partial charge < -0.3 is 20.1 Å². The fraction of sp³-hybridized carbons (Fsp3) is 0.350. The van der Waals surface area contributed by atoms with Crippen LogP contribution in [-0.2, 0) is 0 Å². The third kappa shape index (κ3) is 3.33. The number of benzene rings is 2. The van der Waals surface area contributed by atoms with E-state index in [1.165, 1.54) is 6.42 Å². The van der Waals surface area contributed by atoms with Gasteiger partial charge in [0.15, 0.2) is 11.5 Å². The zero-order valence-electron chi connectivity index (χ0n) is 14.2. The van der Waals surface area contributed by atoms with Crippen molar-refractivity contribution in [2.75, 3.05) is 7.11 Å². The van der Waals surface area contributed by atoms with Crippen LogP contribution in [0.3, 0.4) is 0 Å². The molecule has 0 aliphatic carbocycles. The van der Waals surface area contributed by atoms with Crippen LogP contribution in [0.5, 0.6) is 17.2 Å². The molecule has 4 rings (SSSR count). The third-order valence-electron chi connectivity index (χ3n) is 5.03. The van der Waals surface area contributed by atoms with Crippen LogP contribution >= 0.6 is 0 Å². The van der Waals surface area contributed by atoms with E-state index >= 15 is 0 Å². The van der Waals surface area contributed by atoms with Crippen LogP contribution in [0.15, 0.2) is 48.5 Å². The van der Waals surface area contributed by atoms with E-state index in [1.807, 2.05) is 24.3 Å². The van der Waals surface area contributed by atoms with Gasteiger partial charge in [0, 0.05) is 23.7 Å². The highest BCUT2D eigenvalue weighted by Gasteiger charge is 2.39. The second-order valence-corrected chi connectivity index (χ2v) is 6.64. The topological polar surface area (TPSA) is 59.6 Å². The summed E-state index contributed by atoms with van der Waals surface area (Å²) in [4.78, 5) is 12.4. The Morgan fingerprint density at radius 2 is 1.84 bits per heavy atom. The summed E-state index contributed by atoms with van der Waals surface area (Å²) in [5, 5.41) is 6.69. The highest BCUT2D eigenvalue weighted by atomic mass is 16.5. The van der Waals surface area contributed by atoms with E-state index < -0.39 is 0 Å². The molecular formula is C20H22N2O3. The molecule has 2 saturated heterocycles. The quantitative estimate of drug-likeness (QED) is 0.879. The normalized spacial score (nSPS) is 24.1.